The molecule has 1 unspecified atom stereocenters. The van der Waals surface area contributed by atoms with Crippen molar-refractivity contribution < 1.29 is 27.8 Å². The van der Waals surface area contributed by atoms with Crippen molar-refractivity contribution >= 4 is 45.2 Å². The van der Waals surface area contributed by atoms with E-state index in [2.05, 4.69) is 15.9 Å². The highest BCUT2D eigenvalue weighted by Crippen LogP contribution is 2.47. The Morgan fingerprint density at radius 2 is 1.79 bits per heavy atom. The molecule has 170 valence electrons. The molecule has 0 spiro atoms. The third-order valence-corrected chi connectivity index (χ3v) is 5.87. The molecule has 1 atom stereocenters. The van der Waals surface area contributed by atoms with Gasteiger partial charge in [0.25, 0.3) is 0 Å². The standard InChI is InChI=1S/C22H15BrClF2N3O4/c1-32-21(30)15-14(10-6-4-3-5-7-10)11(9-27)20(28)29(19(15)22(31)33-2)18-12(23)8-13(25)17(26)16(18)24/h3-8,14H,28H2,1-2H3. The fraction of sp³-hybridized carbons (Fsp3) is 0.136. The lowest BCUT2D eigenvalue weighted by molar-refractivity contribution is -0.139. The van der Waals surface area contributed by atoms with Gasteiger partial charge in [0.2, 0.25) is 0 Å². The Hall–Kier alpha value is -3.42. The Labute approximate surface area is 200 Å². The first-order chi connectivity index (χ1) is 15.7. The number of carbonyl (C=O) groups excluding carboxylic acids is 2. The molecule has 0 radical (unpaired) electrons. The van der Waals surface area contributed by atoms with Crippen LogP contribution in [0.2, 0.25) is 5.02 Å². The SMILES string of the molecule is COC(=O)C1=C(C(=O)OC)N(c2c(Br)cc(F)c(F)c2Cl)C(N)=C(C#N)C1c1ccccc1. The first-order valence-corrected chi connectivity index (χ1v) is 10.3. The van der Waals surface area contributed by atoms with Crippen LogP contribution in [0.25, 0.3) is 0 Å². The predicted octanol–water partition coefficient (Wildman–Crippen LogP) is 4.28. The van der Waals surface area contributed by atoms with Gasteiger partial charge in [-0.25, -0.2) is 18.4 Å². The number of nitrogens with zero attached hydrogens (tertiary/aromatic N) is 2. The predicted molar refractivity (Wildman–Crippen MR) is 119 cm³/mol. The number of nitrogens with two attached hydrogens (primary N) is 1. The van der Waals surface area contributed by atoms with Crippen LogP contribution in [0.15, 0.2) is 63.5 Å². The van der Waals surface area contributed by atoms with Crippen LogP contribution in [0.3, 0.4) is 0 Å². The van der Waals surface area contributed by atoms with Crippen molar-refractivity contribution in [2.24, 2.45) is 5.73 Å². The molecule has 33 heavy (non-hydrogen) atoms. The maximum atomic E-state index is 14.4. The highest BCUT2D eigenvalue weighted by molar-refractivity contribution is 9.10. The normalized spacial score (nSPS) is 15.9. The van der Waals surface area contributed by atoms with Crippen LogP contribution in [0.4, 0.5) is 14.5 Å². The van der Waals surface area contributed by atoms with Gasteiger partial charge in [0.05, 0.1) is 43.0 Å². The number of nitriles is 1. The molecule has 0 fully saturated rings. The Morgan fingerprint density at radius 3 is 2.33 bits per heavy atom. The molecule has 1 aliphatic rings. The Kier molecular flexibility index (Phi) is 7.05. The van der Waals surface area contributed by atoms with Gasteiger partial charge in [-0.3, -0.25) is 4.90 Å². The monoisotopic (exact) mass is 537 g/mol. The van der Waals surface area contributed by atoms with Crippen molar-refractivity contribution in [2.75, 3.05) is 19.1 Å². The average Bonchev–Trinajstić information content (AvgIpc) is 2.82. The highest BCUT2D eigenvalue weighted by atomic mass is 79.9. The maximum Gasteiger partial charge on any atom is 0.355 e. The number of anilines is 1. The van der Waals surface area contributed by atoms with E-state index in [0.717, 1.165) is 25.2 Å². The third-order valence-electron chi connectivity index (χ3n) is 4.92. The van der Waals surface area contributed by atoms with Crippen LogP contribution in [-0.2, 0) is 19.1 Å². The summed E-state index contributed by atoms with van der Waals surface area (Å²) in [5.41, 5.74) is 5.52. The van der Waals surface area contributed by atoms with Crippen molar-refractivity contribution in [3.05, 3.63) is 85.8 Å². The van der Waals surface area contributed by atoms with Gasteiger partial charge in [0.15, 0.2) is 11.6 Å². The summed E-state index contributed by atoms with van der Waals surface area (Å²) >= 11 is 9.17. The lowest BCUT2D eigenvalue weighted by Gasteiger charge is -2.36. The molecular weight excluding hydrogens is 524 g/mol. The van der Waals surface area contributed by atoms with E-state index in [1.165, 1.54) is 0 Å². The summed E-state index contributed by atoms with van der Waals surface area (Å²) in [6.45, 7) is 0. The molecule has 3 rings (SSSR count). The molecule has 11 heteroatoms. The molecule has 7 nitrogen and oxygen atoms in total. The van der Waals surface area contributed by atoms with Crippen LogP contribution in [0.1, 0.15) is 11.5 Å². The number of halogens is 4. The molecule has 1 aliphatic heterocycles. The second-order valence-electron chi connectivity index (χ2n) is 6.65. The summed E-state index contributed by atoms with van der Waals surface area (Å²) in [7, 11) is 2.15. The summed E-state index contributed by atoms with van der Waals surface area (Å²) < 4.78 is 38.0. The number of rotatable bonds is 4. The minimum absolute atomic E-state index is 0.101. The number of hydrogen-bond donors (Lipinski definition) is 1. The van der Waals surface area contributed by atoms with E-state index in [-0.39, 0.29) is 27.1 Å². The fourth-order valence-electron chi connectivity index (χ4n) is 3.51. The van der Waals surface area contributed by atoms with Crippen molar-refractivity contribution in [1.29, 1.82) is 5.26 Å². The molecule has 2 aromatic rings. The van der Waals surface area contributed by atoms with Gasteiger partial charge in [0.1, 0.15) is 16.5 Å². The van der Waals surface area contributed by atoms with E-state index in [1.807, 2.05) is 6.07 Å². The molecule has 2 N–H and O–H groups in total. The first-order valence-electron chi connectivity index (χ1n) is 9.18. The Morgan fingerprint density at radius 1 is 1.18 bits per heavy atom. The van der Waals surface area contributed by atoms with E-state index in [1.54, 1.807) is 30.3 Å². The zero-order valence-corrected chi connectivity index (χ0v) is 19.5. The van der Waals surface area contributed by atoms with Gasteiger partial charge in [-0.2, -0.15) is 5.26 Å². The van der Waals surface area contributed by atoms with Crippen LogP contribution >= 0.6 is 27.5 Å². The van der Waals surface area contributed by atoms with Crippen molar-refractivity contribution in [2.45, 2.75) is 5.92 Å². The van der Waals surface area contributed by atoms with Gasteiger partial charge in [-0.15, -0.1) is 0 Å². The Balaban J connectivity index is 2.50. The second kappa shape index (κ2) is 9.60. The number of carbonyl (C=O) groups is 2. The van der Waals surface area contributed by atoms with Crippen LogP contribution in [-0.4, -0.2) is 26.2 Å². The minimum Gasteiger partial charge on any atom is -0.466 e. The number of methoxy groups -OCH3 is 2. The average molecular weight is 539 g/mol. The molecule has 1 heterocycles. The highest BCUT2D eigenvalue weighted by Gasteiger charge is 2.44. The van der Waals surface area contributed by atoms with Crippen LogP contribution < -0.4 is 10.6 Å². The van der Waals surface area contributed by atoms with E-state index < -0.39 is 40.2 Å². The van der Waals surface area contributed by atoms with Gasteiger partial charge in [-0.05, 0) is 27.6 Å². The minimum atomic E-state index is -1.42. The molecule has 0 aliphatic carbocycles. The van der Waals surface area contributed by atoms with Crippen molar-refractivity contribution in [3.63, 3.8) is 0 Å². The van der Waals surface area contributed by atoms with Crippen LogP contribution in [0, 0.1) is 23.0 Å². The largest absolute Gasteiger partial charge is 0.466 e. The zero-order valence-electron chi connectivity index (χ0n) is 17.2. The molecule has 0 saturated carbocycles. The van der Waals surface area contributed by atoms with Gasteiger partial charge in [0, 0.05) is 4.47 Å². The maximum absolute atomic E-state index is 14.4. The van der Waals surface area contributed by atoms with Gasteiger partial charge < -0.3 is 15.2 Å². The van der Waals surface area contributed by atoms with E-state index in [4.69, 9.17) is 26.8 Å². The summed E-state index contributed by atoms with van der Waals surface area (Å²) in [6, 6.07) is 11.0. The van der Waals surface area contributed by atoms with E-state index in [9.17, 15) is 23.6 Å². The molecule has 2 aromatic carbocycles. The summed E-state index contributed by atoms with van der Waals surface area (Å²) in [6.07, 6.45) is 0. The quantitative estimate of drug-likeness (QED) is 0.352. The number of hydrogen-bond acceptors (Lipinski definition) is 7. The summed E-state index contributed by atoms with van der Waals surface area (Å²) in [4.78, 5) is 26.8. The smallest absolute Gasteiger partial charge is 0.355 e. The third kappa shape index (κ3) is 4.05. The molecule has 0 bridgehead atoms. The molecule has 0 amide bonds. The first kappa shape index (κ1) is 24.2. The number of allylic oxidation sites excluding steroid dienone is 1. The molecule has 0 saturated heterocycles. The fourth-order valence-corrected chi connectivity index (χ4v) is 4.47. The van der Waals surface area contributed by atoms with Gasteiger partial charge in [-0.1, -0.05) is 41.9 Å². The number of esters is 2. The molecule has 0 aromatic heterocycles. The van der Waals surface area contributed by atoms with Crippen molar-refractivity contribution in [3.8, 4) is 6.07 Å². The Bertz CT molecular complexity index is 1260. The summed E-state index contributed by atoms with van der Waals surface area (Å²) in [5, 5.41) is 9.22. The lowest BCUT2D eigenvalue weighted by Crippen LogP contribution is -2.41. The number of benzene rings is 2. The van der Waals surface area contributed by atoms with Crippen LogP contribution in [0.5, 0.6) is 0 Å². The molecular formula is C22H15BrClF2N3O4. The van der Waals surface area contributed by atoms with E-state index in [0.29, 0.717) is 5.56 Å². The lowest BCUT2D eigenvalue weighted by atomic mass is 9.81. The van der Waals surface area contributed by atoms with E-state index >= 15 is 0 Å². The summed E-state index contributed by atoms with van der Waals surface area (Å²) in [5.74, 6) is -6.16. The zero-order chi connectivity index (χ0) is 24.4. The second-order valence-corrected chi connectivity index (χ2v) is 7.88. The number of ether oxygens (including phenoxy) is 2. The topological polar surface area (TPSA) is 106 Å². The van der Waals surface area contributed by atoms with Gasteiger partial charge >= 0.3 is 11.9 Å². The van der Waals surface area contributed by atoms with Crippen molar-refractivity contribution in [1.82, 2.24) is 0 Å².